The van der Waals surface area contributed by atoms with Gasteiger partial charge < -0.3 is 10.1 Å². The van der Waals surface area contributed by atoms with Crippen molar-refractivity contribution < 1.29 is 26.7 Å². The summed E-state index contributed by atoms with van der Waals surface area (Å²) in [6, 6.07) is 17.8. The van der Waals surface area contributed by atoms with E-state index in [0.29, 0.717) is 11.4 Å². The maximum atomic E-state index is 13.7. The van der Waals surface area contributed by atoms with E-state index >= 15 is 0 Å². The molecule has 0 aliphatic heterocycles. The third-order valence-electron chi connectivity index (χ3n) is 6.02. The van der Waals surface area contributed by atoms with Crippen LogP contribution in [-0.2, 0) is 17.1 Å². The van der Waals surface area contributed by atoms with Gasteiger partial charge in [-0.3, -0.25) is 18.6 Å². The fourth-order valence-corrected chi connectivity index (χ4v) is 5.74. The molecule has 0 aliphatic rings. The zero-order chi connectivity index (χ0) is 28.5. The number of alkyl halides is 2. The highest BCUT2D eigenvalue weighted by molar-refractivity contribution is 7.93. The van der Waals surface area contributed by atoms with E-state index in [1.807, 2.05) is 0 Å². The topological polar surface area (TPSA) is 103 Å². The van der Waals surface area contributed by atoms with Crippen molar-refractivity contribution in [2.75, 3.05) is 16.7 Å². The fourth-order valence-electron chi connectivity index (χ4n) is 3.99. The van der Waals surface area contributed by atoms with Gasteiger partial charge in [0.25, 0.3) is 21.5 Å². The summed E-state index contributed by atoms with van der Waals surface area (Å²) in [6.07, 6.45) is 0. The lowest BCUT2D eigenvalue weighted by Crippen LogP contribution is -2.32. The van der Waals surface area contributed by atoms with Crippen molar-refractivity contribution in [2.45, 2.75) is 18.4 Å². The number of rotatable bonds is 8. The molecule has 9 nitrogen and oxygen atoms in total. The lowest BCUT2D eigenvalue weighted by molar-refractivity contribution is -0.0493. The van der Waals surface area contributed by atoms with E-state index in [1.54, 1.807) is 44.3 Å². The number of carbonyl (C=O) groups is 1. The summed E-state index contributed by atoms with van der Waals surface area (Å²) in [5.41, 5.74) is 0.0668. The summed E-state index contributed by atoms with van der Waals surface area (Å²) in [7, 11) is -1.59. The number of aromatic nitrogens is 2. The maximum Gasteiger partial charge on any atom is 0.387 e. The molecule has 1 N–H and O–H groups in total. The van der Waals surface area contributed by atoms with Crippen molar-refractivity contribution in [2.24, 2.45) is 7.05 Å². The minimum Gasteiger partial charge on any atom is -0.433 e. The first kappa shape index (κ1) is 27.9. The van der Waals surface area contributed by atoms with E-state index < -0.39 is 33.0 Å². The molecule has 1 amide bonds. The second kappa shape index (κ2) is 10.9. The average molecular weight is 577 g/mol. The number of amides is 1. The molecule has 0 spiro atoms. The molecule has 0 atom stereocenters. The molecule has 0 saturated carbocycles. The highest BCUT2D eigenvalue weighted by atomic mass is 35.5. The Kier molecular flexibility index (Phi) is 7.79. The molecule has 0 radical (unpaired) electrons. The number of ether oxygens (including phenoxy) is 1. The largest absolute Gasteiger partial charge is 0.433 e. The van der Waals surface area contributed by atoms with Gasteiger partial charge in [0.05, 0.1) is 22.1 Å². The quantitative estimate of drug-likeness (QED) is 0.324. The van der Waals surface area contributed by atoms with E-state index in [0.717, 1.165) is 10.4 Å². The molecule has 0 aliphatic carbocycles. The molecule has 0 bridgehead atoms. The zero-order valence-electron chi connectivity index (χ0n) is 20.9. The van der Waals surface area contributed by atoms with Gasteiger partial charge in [0, 0.05) is 19.7 Å². The molecule has 204 valence electrons. The molecule has 4 aromatic rings. The highest BCUT2D eigenvalue weighted by Gasteiger charge is 2.31. The Balaban J connectivity index is 1.71. The van der Waals surface area contributed by atoms with E-state index in [2.05, 4.69) is 10.1 Å². The molecule has 13 heteroatoms. The lowest BCUT2D eigenvalue weighted by Gasteiger charge is -2.19. The predicted octanol–water partition coefficient (Wildman–Crippen LogP) is 4.82. The summed E-state index contributed by atoms with van der Waals surface area (Å²) < 4.78 is 60.9. The fraction of sp³-hybridized carbons (Fsp3) is 0.154. The number of hydrogen-bond donors (Lipinski definition) is 1. The summed E-state index contributed by atoms with van der Waals surface area (Å²) in [5, 5.41) is 2.25. The highest BCUT2D eigenvalue weighted by Crippen LogP contribution is 2.30. The van der Waals surface area contributed by atoms with Gasteiger partial charge in [-0.15, -0.1) is 0 Å². The second-order valence-electron chi connectivity index (χ2n) is 8.36. The van der Waals surface area contributed by atoms with Gasteiger partial charge in [-0.25, -0.2) is 13.1 Å². The maximum absolute atomic E-state index is 13.7. The third-order valence-corrected chi connectivity index (χ3v) is 8.26. The van der Waals surface area contributed by atoms with Crippen LogP contribution >= 0.6 is 11.6 Å². The summed E-state index contributed by atoms with van der Waals surface area (Å²) in [6.45, 7) is -1.51. The van der Waals surface area contributed by atoms with Crippen LogP contribution in [0.3, 0.4) is 0 Å². The van der Waals surface area contributed by atoms with Crippen LogP contribution in [0.15, 0.2) is 82.5 Å². The number of para-hydroxylation sites is 3. The van der Waals surface area contributed by atoms with Crippen LogP contribution in [0.1, 0.15) is 16.1 Å². The Morgan fingerprint density at radius 1 is 1.05 bits per heavy atom. The van der Waals surface area contributed by atoms with Crippen molar-refractivity contribution in [1.82, 2.24) is 9.36 Å². The molecule has 4 rings (SSSR count). The van der Waals surface area contributed by atoms with Crippen LogP contribution in [0.4, 0.5) is 20.2 Å². The van der Waals surface area contributed by atoms with Crippen molar-refractivity contribution in [3.8, 4) is 11.4 Å². The van der Waals surface area contributed by atoms with Crippen molar-refractivity contribution in [1.29, 1.82) is 0 Å². The minimum absolute atomic E-state index is 0.0411. The zero-order valence-corrected chi connectivity index (χ0v) is 22.5. The number of halogens is 3. The van der Waals surface area contributed by atoms with Crippen LogP contribution in [0, 0.1) is 6.92 Å². The summed E-state index contributed by atoms with van der Waals surface area (Å²) in [5.74, 6) is -1.06. The second-order valence-corrected chi connectivity index (χ2v) is 10.7. The number of benzene rings is 3. The van der Waals surface area contributed by atoms with Gasteiger partial charge in [0.2, 0.25) is 0 Å². The monoisotopic (exact) mass is 576 g/mol. The Morgan fingerprint density at radius 3 is 2.36 bits per heavy atom. The number of anilines is 2. The van der Waals surface area contributed by atoms with Crippen LogP contribution in [0.2, 0.25) is 5.02 Å². The van der Waals surface area contributed by atoms with Gasteiger partial charge in [-0.05, 0) is 49.4 Å². The molecule has 0 unspecified atom stereocenters. The predicted molar refractivity (Wildman–Crippen MR) is 144 cm³/mol. The average Bonchev–Trinajstić information content (AvgIpc) is 3.12. The van der Waals surface area contributed by atoms with Gasteiger partial charge in [0.1, 0.15) is 16.3 Å². The standard InChI is InChI=1S/C26H23ClF2N4O5S/c1-16-23(25(35)33(31(16)2)18-9-5-4-6-10-18)32(3)39(36,37)22-15-17(13-14-19(22)27)24(34)30-20-11-7-8-12-21(20)38-26(28)29/h4-15,26H,1-3H3,(H,30,34). The molecule has 1 aromatic heterocycles. The molecule has 3 aromatic carbocycles. The Morgan fingerprint density at radius 2 is 1.69 bits per heavy atom. The summed E-state index contributed by atoms with van der Waals surface area (Å²) >= 11 is 6.24. The number of nitrogens with zero attached hydrogens (tertiary/aromatic N) is 3. The van der Waals surface area contributed by atoms with Crippen LogP contribution < -0.4 is 19.9 Å². The first-order valence-corrected chi connectivity index (χ1v) is 13.2. The van der Waals surface area contributed by atoms with E-state index in [-0.39, 0.29) is 27.7 Å². The smallest absolute Gasteiger partial charge is 0.387 e. The number of carbonyl (C=O) groups excluding carboxylic acids is 1. The van der Waals surface area contributed by atoms with E-state index in [9.17, 15) is 26.8 Å². The molecule has 39 heavy (non-hydrogen) atoms. The van der Waals surface area contributed by atoms with Gasteiger partial charge >= 0.3 is 6.61 Å². The van der Waals surface area contributed by atoms with Crippen LogP contribution in [0.5, 0.6) is 5.75 Å². The van der Waals surface area contributed by atoms with Gasteiger partial charge in [-0.2, -0.15) is 8.78 Å². The Labute approximate surface area is 227 Å². The van der Waals surface area contributed by atoms with Gasteiger partial charge in [0.15, 0.2) is 0 Å². The van der Waals surface area contributed by atoms with Gasteiger partial charge in [-0.1, -0.05) is 41.9 Å². The molecule has 0 saturated heterocycles. The summed E-state index contributed by atoms with van der Waals surface area (Å²) in [4.78, 5) is 25.9. The molecule has 1 heterocycles. The molecule has 0 fully saturated rings. The van der Waals surface area contributed by atoms with Crippen molar-refractivity contribution in [3.05, 3.63) is 99.4 Å². The van der Waals surface area contributed by atoms with Crippen LogP contribution in [-0.4, -0.2) is 37.3 Å². The molecular weight excluding hydrogens is 554 g/mol. The van der Waals surface area contributed by atoms with E-state index in [1.165, 1.54) is 52.8 Å². The number of hydrogen-bond acceptors (Lipinski definition) is 5. The van der Waals surface area contributed by atoms with Crippen molar-refractivity contribution in [3.63, 3.8) is 0 Å². The van der Waals surface area contributed by atoms with Crippen molar-refractivity contribution >= 4 is 38.9 Å². The number of nitrogens with one attached hydrogen (secondary N) is 1. The molecular formula is C26H23ClF2N4O5S. The lowest BCUT2D eigenvalue weighted by atomic mass is 10.2. The minimum atomic E-state index is -4.44. The third kappa shape index (κ3) is 5.38. The Hall–Kier alpha value is -4.16. The first-order valence-electron chi connectivity index (χ1n) is 11.4. The SMILES string of the molecule is Cc1c(N(C)S(=O)(=O)c2cc(C(=O)Nc3ccccc3OC(F)F)ccc2Cl)c(=O)n(-c2ccccc2)n1C. The number of sulfonamides is 1. The van der Waals surface area contributed by atoms with E-state index in [4.69, 9.17) is 11.6 Å². The first-order chi connectivity index (χ1) is 18.4. The Bertz CT molecular complexity index is 1710. The van der Waals surface area contributed by atoms with Crippen LogP contribution in [0.25, 0.3) is 5.69 Å². The normalized spacial score (nSPS) is 11.5.